The molecule has 0 spiro atoms. The Balaban J connectivity index is 1.21. The fraction of sp³-hybridized carbons (Fsp3) is 0.956. The second-order valence-electron chi connectivity index (χ2n) is 20.9. The van der Waals surface area contributed by atoms with Crippen LogP contribution in [-0.4, -0.2) is 179 Å². The monoisotopic (exact) mass is 889 g/mol. The van der Waals surface area contributed by atoms with Crippen molar-refractivity contribution in [1.29, 1.82) is 0 Å². The first kappa shape index (κ1) is 49.0. The minimum Gasteiger partial charge on any atom is -0.394 e. The van der Waals surface area contributed by atoms with Crippen LogP contribution in [0.3, 0.4) is 0 Å². The van der Waals surface area contributed by atoms with Crippen LogP contribution >= 0.6 is 0 Å². The summed E-state index contributed by atoms with van der Waals surface area (Å²) in [5, 5.41) is 118. The Kier molecular flexibility index (Phi) is 15.0. The standard InChI is InChI=1S/C45H76O17/c1-18(2)8-11-27(47)19(3)31-28(60-43-40(56)37(53)34(50)29(17-46)61-43)16-26-24-10-9-22-14-23(59-41-38(54)35(51)32(48)20(4)57-41)15-30(45(22,7)25(24)12-13-44(26,31)6)62-42-39(55)36(52)33(49)21(5)58-42/h9,18-21,23-43,46-56H,8,10-17H2,1-7H3/t19-,20-,21-,23-,24-,25+,26+,27+,28+,29-,30-,31+,32-,33-,34-,35+,36+,37+,38+,39+,40-,41-,42-,43-,44+,45+/m1/s1. The van der Waals surface area contributed by atoms with Crippen LogP contribution < -0.4 is 0 Å². The summed E-state index contributed by atoms with van der Waals surface area (Å²) in [5.74, 6) is 0.0927. The average molecular weight is 889 g/mol. The summed E-state index contributed by atoms with van der Waals surface area (Å²) in [6.45, 7) is 13.3. The predicted molar refractivity (Wildman–Crippen MR) is 218 cm³/mol. The Bertz CT molecular complexity index is 1530. The lowest BCUT2D eigenvalue weighted by Gasteiger charge is -2.61. The molecule has 6 fully saturated rings. The quantitative estimate of drug-likeness (QED) is 0.114. The highest BCUT2D eigenvalue weighted by Crippen LogP contribution is 2.68. The molecule has 0 aromatic rings. The molecule has 3 aliphatic heterocycles. The van der Waals surface area contributed by atoms with Gasteiger partial charge in [0.2, 0.25) is 0 Å². The summed E-state index contributed by atoms with van der Waals surface area (Å²) >= 11 is 0. The van der Waals surface area contributed by atoms with Crippen molar-refractivity contribution in [3.63, 3.8) is 0 Å². The van der Waals surface area contributed by atoms with Crippen molar-refractivity contribution in [1.82, 2.24) is 0 Å². The summed E-state index contributed by atoms with van der Waals surface area (Å²) in [6, 6.07) is 0. The van der Waals surface area contributed by atoms with Gasteiger partial charge in [0.25, 0.3) is 0 Å². The zero-order valence-electron chi connectivity index (χ0n) is 37.2. The summed E-state index contributed by atoms with van der Waals surface area (Å²) in [5.41, 5.74) is 0.0223. The zero-order valence-corrected chi connectivity index (χ0v) is 37.2. The number of aliphatic hydroxyl groups is 11. The second-order valence-corrected chi connectivity index (χ2v) is 20.9. The van der Waals surface area contributed by atoms with Crippen LogP contribution in [0.2, 0.25) is 0 Å². The Hall–Kier alpha value is -0.940. The molecule has 0 aromatic heterocycles. The molecule has 11 N–H and O–H groups in total. The van der Waals surface area contributed by atoms with Crippen molar-refractivity contribution in [3.05, 3.63) is 11.6 Å². The van der Waals surface area contributed by atoms with E-state index in [9.17, 15) is 56.2 Å². The van der Waals surface area contributed by atoms with Crippen molar-refractivity contribution in [2.45, 2.75) is 216 Å². The van der Waals surface area contributed by atoms with Crippen LogP contribution in [-0.2, 0) is 28.4 Å². The van der Waals surface area contributed by atoms with Crippen LogP contribution in [0.5, 0.6) is 0 Å². The Labute approximate surface area is 364 Å². The highest BCUT2D eigenvalue weighted by Gasteiger charge is 2.65. The topological polar surface area (TPSA) is 278 Å². The molecule has 0 unspecified atom stereocenters. The van der Waals surface area contributed by atoms with Gasteiger partial charge in [-0.1, -0.05) is 46.3 Å². The van der Waals surface area contributed by atoms with E-state index < -0.39 is 129 Å². The largest absolute Gasteiger partial charge is 0.394 e. The van der Waals surface area contributed by atoms with Gasteiger partial charge in [0, 0.05) is 11.8 Å². The van der Waals surface area contributed by atoms with E-state index in [4.69, 9.17) is 28.4 Å². The number of rotatable bonds is 12. The molecular formula is C45H76O17. The minimum atomic E-state index is -1.60. The van der Waals surface area contributed by atoms with Gasteiger partial charge >= 0.3 is 0 Å². The molecule has 3 saturated heterocycles. The van der Waals surface area contributed by atoms with E-state index in [1.54, 1.807) is 13.8 Å². The smallest absolute Gasteiger partial charge is 0.186 e. The fourth-order valence-corrected chi connectivity index (χ4v) is 13.0. The summed E-state index contributed by atoms with van der Waals surface area (Å²) in [6.07, 6.45) is -15.5. The number of hydrogen-bond acceptors (Lipinski definition) is 17. The second kappa shape index (κ2) is 19.0. The fourth-order valence-electron chi connectivity index (χ4n) is 13.0. The molecule has 3 saturated carbocycles. The molecule has 17 heteroatoms. The van der Waals surface area contributed by atoms with Crippen LogP contribution in [0.1, 0.15) is 99.8 Å². The SMILES string of the molecule is CC(C)CC[C@H](O)[C@@H](C)[C@H]1[C@@H](O[C@@H]2O[C@H](CO)[C@@H](O)[C@H](O)[C@H]2O)C[C@H]2[C@@H]3CC=C4C[C@@H](O[C@H]5O[C@H](C)[C@@H](O)[C@H](O)[C@@H]5O)C[C@@H](O[C@H]5O[C@H](C)[C@@H](O)[C@H](O)[C@@H]5O)[C@]4(C)[C@H]3CC[C@]12C. The van der Waals surface area contributed by atoms with Gasteiger partial charge in [0.15, 0.2) is 18.9 Å². The molecule has 7 aliphatic rings. The Morgan fingerprint density at radius 1 is 0.694 bits per heavy atom. The third-order valence-electron chi connectivity index (χ3n) is 16.8. The van der Waals surface area contributed by atoms with Gasteiger partial charge in [-0.05, 0) is 99.7 Å². The maximum atomic E-state index is 11.8. The van der Waals surface area contributed by atoms with Gasteiger partial charge in [-0.15, -0.1) is 0 Å². The zero-order chi connectivity index (χ0) is 45.3. The van der Waals surface area contributed by atoms with Crippen molar-refractivity contribution in [2.24, 2.45) is 46.3 Å². The molecule has 26 atom stereocenters. The van der Waals surface area contributed by atoms with E-state index >= 15 is 0 Å². The molecule has 17 nitrogen and oxygen atoms in total. The van der Waals surface area contributed by atoms with E-state index in [-0.39, 0.29) is 41.4 Å². The number of aliphatic hydroxyl groups excluding tert-OH is 11. The third-order valence-corrected chi connectivity index (χ3v) is 16.8. The molecule has 358 valence electrons. The molecule has 7 rings (SSSR count). The lowest BCUT2D eigenvalue weighted by molar-refractivity contribution is -0.329. The molecule has 3 heterocycles. The van der Waals surface area contributed by atoms with Gasteiger partial charge in [-0.2, -0.15) is 0 Å². The Morgan fingerprint density at radius 3 is 1.84 bits per heavy atom. The van der Waals surface area contributed by atoms with Crippen LogP contribution in [0, 0.1) is 46.3 Å². The predicted octanol–water partition coefficient (Wildman–Crippen LogP) is -0.171. The highest BCUT2D eigenvalue weighted by molar-refractivity contribution is 5.28. The summed E-state index contributed by atoms with van der Waals surface area (Å²) in [7, 11) is 0. The molecule has 0 aromatic carbocycles. The number of ether oxygens (including phenoxy) is 6. The molecular weight excluding hydrogens is 812 g/mol. The average Bonchev–Trinajstić information content (AvgIpc) is 3.53. The third kappa shape index (κ3) is 8.72. The van der Waals surface area contributed by atoms with E-state index in [1.165, 1.54) is 0 Å². The van der Waals surface area contributed by atoms with Gasteiger partial charge in [-0.3, -0.25) is 0 Å². The van der Waals surface area contributed by atoms with E-state index in [1.807, 2.05) is 0 Å². The lowest BCUT2D eigenvalue weighted by Crippen LogP contribution is -2.62. The van der Waals surface area contributed by atoms with E-state index in [0.717, 1.165) is 24.8 Å². The summed E-state index contributed by atoms with van der Waals surface area (Å²) < 4.78 is 37.6. The van der Waals surface area contributed by atoms with Crippen LogP contribution in [0.15, 0.2) is 11.6 Å². The van der Waals surface area contributed by atoms with E-state index in [2.05, 4.69) is 40.7 Å². The van der Waals surface area contributed by atoms with Crippen molar-refractivity contribution >= 4 is 0 Å². The first-order chi connectivity index (χ1) is 29.1. The molecule has 62 heavy (non-hydrogen) atoms. The Morgan fingerprint density at radius 2 is 1.26 bits per heavy atom. The van der Waals surface area contributed by atoms with Gasteiger partial charge < -0.3 is 84.6 Å². The molecule has 0 radical (unpaired) electrons. The highest BCUT2D eigenvalue weighted by atomic mass is 16.7. The van der Waals surface area contributed by atoms with Gasteiger partial charge in [0.1, 0.15) is 61.0 Å². The molecule has 0 amide bonds. The van der Waals surface area contributed by atoms with Crippen LogP contribution in [0.25, 0.3) is 0 Å². The van der Waals surface area contributed by atoms with Gasteiger partial charge in [0.05, 0.1) is 43.2 Å². The number of fused-ring (bicyclic) bond motifs is 5. The van der Waals surface area contributed by atoms with Crippen molar-refractivity contribution < 1.29 is 84.6 Å². The normalized spacial score (nSPS) is 53.0. The summed E-state index contributed by atoms with van der Waals surface area (Å²) in [4.78, 5) is 0. The number of hydrogen-bond donors (Lipinski definition) is 11. The maximum Gasteiger partial charge on any atom is 0.186 e. The van der Waals surface area contributed by atoms with Gasteiger partial charge in [-0.25, -0.2) is 0 Å². The molecule has 0 bridgehead atoms. The maximum absolute atomic E-state index is 11.8. The number of allylic oxidation sites excluding steroid dienone is 1. The van der Waals surface area contributed by atoms with Crippen molar-refractivity contribution in [3.8, 4) is 0 Å². The van der Waals surface area contributed by atoms with E-state index in [0.29, 0.717) is 31.6 Å². The van der Waals surface area contributed by atoms with Crippen LogP contribution in [0.4, 0.5) is 0 Å². The minimum absolute atomic E-state index is 0.0153. The molecule has 4 aliphatic carbocycles. The van der Waals surface area contributed by atoms with Crippen molar-refractivity contribution in [2.75, 3.05) is 6.61 Å². The lowest BCUT2D eigenvalue weighted by atomic mass is 9.46. The first-order valence-corrected chi connectivity index (χ1v) is 23.2. The first-order valence-electron chi connectivity index (χ1n) is 23.2.